The second-order valence-corrected chi connectivity index (χ2v) is 4.81. The summed E-state index contributed by atoms with van der Waals surface area (Å²) in [6, 6.07) is 8.05. The Bertz CT molecular complexity index is 335. The smallest absolute Gasteiger partial charge is 0.0942 e. The molecule has 0 amide bonds. The monoisotopic (exact) mass is 251 g/mol. The molecule has 0 bridgehead atoms. The van der Waals surface area contributed by atoms with Gasteiger partial charge >= 0.3 is 0 Å². The maximum atomic E-state index is 10.3. The van der Waals surface area contributed by atoms with Gasteiger partial charge in [-0.25, -0.2) is 0 Å². The number of hydrogen-bond donors (Lipinski definition) is 3. The molecule has 0 aromatic heterocycles. The van der Waals surface area contributed by atoms with Crippen LogP contribution in [0.3, 0.4) is 0 Å². The Morgan fingerprint density at radius 3 is 2.17 bits per heavy atom. The van der Waals surface area contributed by atoms with Gasteiger partial charge in [-0.15, -0.1) is 0 Å². The molecule has 3 atom stereocenters. The normalized spacial score (nSPS) is 16.3. The summed E-state index contributed by atoms with van der Waals surface area (Å²) >= 11 is 0. The molecule has 102 valence electrons. The summed E-state index contributed by atoms with van der Waals surface area (Å²) in [7, 11) is 0. The second kappa shape index (κ2) is 7.52. The van der Waals surface area contributed by atoms with E-state index in [4.69, 9.17) is 0 Å². The Kier molecular flexibility index (Phi) is 6.33. The van der Waals surface area contributed by atoms with Crippen LogP contribution in [-0.2, 0) is 6.42 Å². The van der Waals surface area contributed by atoms with Crippen molar-refractivity contribution in [2.75, 3.05) is 6.54 Å². The van der Waals surface area contributed by atoms with Crippen molar-refractivity contribution in [2.45, 2.75) is 51.9 Å². The third kappa shape index (κ3) is 4.41. The first-order valence-corrected chi connectivity index (χ1v) is 6.76. The zero-order valence-corrected chi connectivity index (χ0v) is 11.6. The largest absolute Gasteiger partial charge is 0.392 e. The zero-order valence-electron chi connectivity index (χ0n) is 11.6. The van der Waals surface area contributed by atoms with Crippen LogP contribution in [0.4, 0.5) is 0 Å². The minimum Gasteiger partial charge on any atom is -0.392 e. The molecule has 0 saturated carbocycles. The van der Waals surface area contributed by atoms with Crippen LogP contribution in [0.5, 0.6) is 0 Å². The highest BCUT2D eigenvalue weighted by Crippen LogP contribution is 2.19. The predicted octanol–water partition coefficient (Wildman–Crippen LogP) is 2.03. The fraction of sp³-hybridized carbons (Fsp3) is 0.600. The molecular weight excluding hydrogens is 226 g/mol. The van der Waals surface area contributed by atoms with Gasteiger partial charge in [0.2, 0.25) is 0 Å². The molecule has 3 N–H and O–H groups in total. The number of rotatable bonds is 7. The van der Waals surface area contributed by atoms with Gasteiger partial charge in [0.25, 0.3) is 0 Å². The number of aliphatic hydroxyl groups excluding tert-OH is 2. The van der Waals surface area contributed by atoms with Crippen molar-refractivity contribution >= 4 is 0 Å². The van der Waals surface area contributed by atoms with Crippen LogP contribution in [-0.4, -0.2) is 28.9 Å². The number of aryl methyl sites for hydroxylation is 1. The molecule has 3 nitrogen and oxygen atoms in total. The molecule has 0 aliphatic carbocycles. The maximum Gasteiger partial charge on any atom is 0.0942 e. The van der Waals surface area contributed by atoms with Crippen LogP contribution >= 0.6 is 0 Å². The molecule has 0 aliphatic heterocycles. The first kappa shape index (κ1) is 15.2. The highest BCUT2D eigenvalue weighted by atomic mass is 16.3. The van der Waals surface area contributed by atoms with Crippen LogP contribution in [0.2, 0.25) is 0 Å². The van der Waals surface area contributed by atoms with E-state index < -0.39 is 12.2 Å². The minimum atomic E-state index is -0.528. The van der Waals surface area contributed by atoms with Crippen LogP contribution in [0, 0.1) is 0 Å². The summed E-state index contributed by atoms with van der Waals surface area (Å²) in [6.07, 6.45) is 0.908. The third-order valence-corrected chi connectivity index (χ3v) is 3.23. The zero-order chi connectivity index (χ0) is 13.5. The lowest BCUT2D eigenvalue weighted by atomic mass is 9.98. The second-order valence-electron chi connectivity index (χ2n) is 4.81. The maximum absolute atomic E-state index is 10.3. The van der Waals surface area contributed by atoms with Gasteiger partial charge in [0.1, 0.15) is 0 Å². The standard InChI is InChI=1S/C15H25NO2/c1-4-12-6-8-13(9-7-12)15(18)14(5-2)16-10-11(3)17/h6-9,11,14-18H,4-5,10H2,1-3H3. The molecule has 0 spiro atoms. The Balaban J connectivity index is 2.66. The van der Waals surface area contributed by atoms with Gasteiger partial charge < -0.3 is 15.5 Å². The van der Waals surface area contributed by atoms with Gasteiger partial charge in [-0.05, 0) is 30.9 Å². The molecular formula is C15H25NO2. The molecule has 1 rings (SSSR count). The highest BCUT2D eigenvalue weighted by molar-refractivity contribution is 5.25. The molecule has 0 saturated heterocycles. The van der Waals surface area contributed by atoms with Gasteiger partial charge in [-0.2, -0.15) is 0 Å². The molecule has 0 fully saturated rings. The fourth-order valence-corrected chi connectivity index (χ4v) is 1.98. The molecule has 1 aromatic carbocycles. The van der Waals surface area contributed by atoms with Gasteiger partial charge in [0, 0.05) is 12.6 Å². The molecule has 0 aliphatic rings. The molecule has 3 unspecified atom stereocenters. The Hall–Kier alpha value is -0.900. The average molecular weight is 251 g/mol. The van der Waals surface area contributed by atoms with Crippen LogP contribution in [0.25, 0.3) is 0 Å². The summed E-state index contributed by atoms with van der Waals surface area (Å²) in [4.78, 5) is 0. The van der Waals surface area contributed by atoms with E-state index in [2.05, 4.69) is 24.4 Å². The minimum absolute atomic E-state index is 0.0212. The van der Waals surface area contributed by atoms with Gasteiger partial charge in [-0.1, -0.05) is 38.1 Å². The SMILES string of the molecule is CCc1ccc(C(O)C(CC)NCC(C)O)cc1. The van der Waals surface area contributed by atoms with Gasteiger partial charge in [0.15, 0.2) is 0 Å². The van der Waals surface area contributed by atoms with E-state index >= 15 is 0 Å². The average Bonchev–Trinajstić information content (AvgIpc) is 2.39. The van der Waals surface area contributed by atoms with E-state index in [0.29, 0.717) is 6.54 Å². The Labute approximate surface area is 110 Å². The molecule has 0 heterocycles. The first-order chi connectivity index (χ1) is 8.58. The number of nitrogens with one attached hydrogen (secondary N) is 1. The third-order valence-electron chi connectivity index (χ3n) is 3.23. The summed E-state index contributed by atoms with van der Waals surface area (Å²) < 4.78 is 0. The van der Waals surface area contributed by atoms with E-state index in [1.54, 1.807) is 6.92 Å². The summed E-state index contributed by atoms with van der Waals surface area (Å²) in [5.74, 6) is 0. The number of hydrogen-bond acceptors (Lipinski definition) is 3. The first-order valence-electron chi connectivity index (χ1n) is 6.76. The quantitative estimate of drug-likeness (QED) is 0.695. The van der Waals surface area contributed by atoms with Crippen molar-refractivity contribution in [1.29, 1.82) is 0 Å². The van der Waals surface area contributed by atoms with E-state index in [1.165, 1.54) is 5.56 Å². The summed E-state index contributed by atoms with van der Waals surface area (Å²) in [6.45, 7) is 6.39. The van der Waals surface area contributed by atoms with Crippen molar-refractivity contribution in [3.8, 4) is 0 Å². The van der Waals surface area contributed by atoms with Crippen molar-refractivity contribution in [3.63, 3.8) is 0 Å². The number of benzene rings is 1. The number of aliphatic hydroxyl groups is 2. The van der Waals surface area contributed by atoms with Crippen molar-refractivity contribution in [1.82, 2.24) is 5.32 Å². The van der Waals surface area contributed by atoms with E-state index in [1.807, 2.05) is 19.1 Å². The lowest BCUT2D eigenvalue weighted by Crippen LogP contribution is -2.38. The van der Waals surface area contributed by atoms with E-state index in [0.717, 1.165) is 18.4 Å². The lowest BCUT2D eigenvalue weighted by molar-refractivity contribution is 0.112. The van der Waals surface area contributed by atoms with Crippen LogP contribution in [0.15, 0.2) is 24.3 Å². The molecule has 18 heavy (non-hydrogen) atoms. The van der Waals surface area contributed by atoms with Gasteiger partial charge in [-0.3, -0.25) is 0 Å². The van der Waals surface area contributed by atoms with Gasteiger partial charge in [0.05, 0.1) is 12.2 Å². The Morgan fingerprint density at radius 1 is 1.11 bits per heavy atom. The highest BCUT2D eigenvalue weighted by Gasteiger charge is 2.18. The van der Waals surface area contributed by atoms with Crippen LogP contribution in [0.1, 0.15) is 44.4 Å². The van der Waals surface area contributed by atoms with E-state index in [-0.39, 0.29) is 6.04 Å². The predicted molar refractivity (Wildman–Crippen MR) is 74.5 cm³/mol. The fourth-order valence-electron chi connectivity index (χ4n) is 1.98. The summed E-state index contributed by atoms with van der Waals surface area (Å²) in [5.41, 5.74) is 2.20. The Morgan fingerprint density at radius 2 is 1.72 bits per heavy atom. The molecule has 3 heteroatoms. The molecule has 1 aromatic rings. The topological polar surface area (TPSA) is 52.5 Å². The lowest BCUT2D eigenvalue weighted by Gasteiger charge is -2.24. The van der Waals surface area contributed by atoms with E-state index in [9.17, 15) is 10.2 Å². The van der Waals surface area contributed by atoms with Crippen molar-refractivity contribution in [2.24, 2.45) is 0 Å². The summed E-state index contributed by atoms with van der Waals surface area (Å²) in [5, 5.41) is 22.8. The van der Waals surface area contributed by atoms with Crippen LogP contribution < -0.4 is 5.32 Å². The van der Waals surface area contributed by atoms with Crippen molar-refractivity contribution < 1.29 is 10.2 Å². The molecule has 0 radical (unpaired) electrons. The van der Waals surface area contributed by atoms with Crippen molar-refractivity contribution in [3.05, 3.63) is 35.4 Å².